The largest absolute Gasteiger partial charge is 0.428 e. The molecule has 16 heavy (non-hydrogen) atoms. The Hall–Kier alpha value is 0.191. The fraction of sp³-hybridized carbons (Fsp3) is 0.833. The van der Waals surface area contributed by atoms with Gasteiger partial charge in [-0.25, -0.2) is 0 Å². The molecule has 0 fully saturated rings. The minimum atomic E-state index is -1.23. The maximum Gasteiger partial charge on any atom is 0.138 e. The molecule has 0 aromatic heterocycles. The molecule has 0 heterocycles. The zero-order valence-corrected chi connectivity index (χ0v) is 16.9. The number of nitrogens with zero attached hydrogens (tertiary/aromatic N) is 1. The van der Waals surface area contributed by atoms with Gasteiger partial charge in [0.05, 0.1) is 0 Å². The number of allylic oxidation sites excluding steroid dienone is 2. The van der Waals surface area contributed by atoms with Gasteiger partial charge in [0.1, 0.15) is 16.5 Å². The lowest BCUT2D eigenvalue weighted by Crippen LogP contribution is -2.58. The Kier molecular flexibility index (Phi) is 5.76. The van der Waals surface area contributed by atoms with Crippen molar-refractivity contribution in [2.45, 2.75) is 66.0 Å². The monoisotopic (exact) mass is 273 g/mol. The SMILES string of the molecule is CCC([SiH3])=C(CC)N([Si](C)(C)C)[Si](C)(C)C. The van der Waals surface area contributed by atoms with E-state index in [2.05, 4.69) is 57.4 Å². The summed E-state index contributed by atoms with van der Waals surface area (Å²) in [6, 6.07) is 0. The van der Waals surface area contributed by atoms with Gasteiger partial charge in [-0.1, -0.05) is 58.3 Å². The van der Waals surface area contributed by atoms with E-state index in [4.69, 9.17) is 0 Å². The molecule has 0 aliphatic carbocycles. The van der Waals surface area contributed by atoms with Gasteiger partial charge in [-0.2, -0.15) is 0 Å². The van der Waals surface area contributed by atoms with Gasteiger partial charge in [-0.15, -0.1) is 0 Å². The number of hydrogen-bond donors (Lipinski definition) is 0. The highest BCUT2D eigenvalue weighted by atomic mass is 28.4. The maximum atomic E-state index is 2.89. The molecule has 0 aliphatic rings. The normalized spacial score (nSPS) is 15.0. The van der Waals surface area contributed by atoms with Crippen LogP contribution in [0.5, 0.6) is 0 Å². The third kappa shape index (κ3) is 4.22. The molecule has 0 aromatic carbocycles. The lowest BCUT2D eigenvalue weighted by Gasteiger charge is -2.48. The van der Waals surface area contributed by atoms with Crippen LogP contribution in [0.2, 0.25) is 39.3 Å². The summed E-state index contributed by atoms with van der Waals surface area (Å²) in [4.78, 5) is 0. The zero-order chi connectivity index (χ0) is 13.1. The summed E-state index contributed by atoms with van der Waals surface area (Å²) < 4.78 is 2.89. The second-order valence-electron chi connectivity index (χ2n) is 6.61. The van der Waals surface area contributed by atoms with Crippen LogP contribution in [0.1, 0.15) is 26.7 Å². The van der Waals surface area contributed by atoms with Crippen molar-refractivity contribution in [1.82, 2.24) is 4.23 Å². The van der Waals surface area contributed by atoms with Crippen molar-refractivity contribution < 1.29 is 0 Å². The van der Waals surface area contributed by atoms with Crippen molar-refractivity contribution in [1.29, 1.82) is 0 Å². The maximum absolute atomic E-state index is 2.89. The average molecular weight is 274 g/mol. The van der Waals surface area contributed by atoms with Crippen LogP contribution < -0.4 is 0 Å². The summed E-state index contributed by atoms with van der Waals surface area (Å²) in [7, 11) is -1.22. The van der Waals surface area contributed by atoms with Crippen LogP contribution in [0.25, 0.3) is 0 Å². The first-order valence-corrected chi connectivity index (χ1v) is 14.4. The molecule has 0 radical (unpaired) electrons. The highest BCUT2D eigenvalue weighted by molar-refractivity contribution is 6.90. The first kappa shape index (κ1) is 16.2. The molecule has 0 amide bonds. The molecule has 0 rings (SSSR count). The third-order valence-corrected chi connectivity index (χ3v) is 11.5. The van der Waals surface area contributed by atoms with E-state index in [0.717, 1.165) is 0 Å². The lowest BCUT2D eigenvalue weighted by molar-refractivity contribution is 0.701. The topological polar surface area (TPSA) is 3.24 Å². The summed E-state index contributed by atoms with van der Waals surface area (Å²) in [5, 5.41) is 1.73. The standard InChI is InChI=1S/C12H31NSi3/c1-9-11(12(14)10-2)13(15(3,4)5)16(6,7)8/h9-10H2,1-8,14H3. The summed E-state index contributed by atoms with van der Waals surface area (Å²) >= 11 is 0. The number of hydrogen-bond acceptors (Lipinski definition) is 1. The van der Waals surface area contributed by atoms with E-state index in [1.807, 2.05) is 0 Å². The van der Waals surface area contributed by atoms with E-state index in [1.54, 1.807) is 10.9 Å². The molecule has 4 heteroatoms. The Morgan fingerprint density at radius 3 is 1.44 bits per heavy atom. The molecule has 1 nitrogen and oxygen atoms in total. The van der Waals surface area contributed by atoms with Crippen LogP contribution in [0, 0.1) is 0 Å². The van der Waals surface area contributed by atoms with Crippen molar-refractivity contribution >= 4 is 26.7 Å². The highest BCUT2D eigenvalue weighted by Gasteiger charge is 2.35. The lowest BCUT2D eigenvalue weighted by atomic mass is 10.3. The van der Waals surface area contributed by atoms with Crippen molar-refractivity contribution in [3.63, 3.8) is 0 Å². The molecule has 0 spiro atoms. The van der Waals surface area contributed by atoms with Crippen LogP contribution in [0.3, 0.4) is 0 Å². The van der Waals surface area contributed by atoms with Gasteiger partial charge >= 0.3 is 0 Å². The van der Waals surface area contributed by atoms with Gasteiger partial charge in [0.15, 0.2) is 0 Å². The molecule has 0 unspecified atom stereocenters. The Bertz CT molecular complexity index is 244. The summed E-state index contributed by atoms with van der Waals surface area (Å²) in [6.45, 7) is 19.6. The minimum absolute atomic E-state index is 1.22. The van der Waals surface area contributed by atoms with E-state index in [-0.39, 0.29) is 0 Å². The summed E-state index contributed by atoms with van der Waals surface area (Å²) in [5.41, 5.74) is 1.70. The quantitative estimate of drug-likeness (QED) is 0.694. The van der Waals surface area contributed by atoms with Crippen LogP contribution in [-0.2, 0) is 0 Å². The molecule has 0 atom stereocenters. The molecule has 0 aliphatic heterocycles. The molecule has 0 bridgehead atoms. The second kappa shape index (κ2) is 5.69. The minimum Gasteiger partial charge on any atom is -0.428 e. The third-order valence-electron chi connectivity index (χ3n) is 2.97. The predicted octanol–water partition coefficient (Wildman–Crippen LogP) is 3.36. The van der Waals surface area contributed by atoms with Gasteiger partial charge in [-0.05, 0) is 18.5 Å². The smallest absolute Gasteiger partial charge is 0.138 e. The molecule has 0 saturated carbocycles. The van der Waals surface area contributed by atoms with Gasteiger partial charge in [0.25, 0.3) is 0 Å². The molecule has 0 N–H and O–H groups in total. The Balaban J connectivity index is 5.53. The predicted molar refractivity (Wildman–Crippen MR) is 86.1 cm³/mol. The van der Waals surface area contributed by atoms with E-state index in [9.17, 15) is 0 Å². The van der Waals surface area contributed by atoms with Gasteiger partial charge in [-0.3, -0.25) is 0 Å². The van der Waals surface area contributed by atoms with Crippen molar-refractivity contribution in [3.8, 4) is 0 Å². The summed E-state index contributed by atoms with van der Waals surface area (Å²) in [6.07, 6.45) is 2.47. The molecular formula is C12H31NSi3. The summed E-state index contributed by atoms with van der Waals surface area (Å²) in [5.74, 6) is 0. The second-order valence-corrected chi connectivity index (χ2v) is 17.8. The van der Waals surface area contributed by atoms with Crippen molar-refractivity contribution in [2.75, 3.05) is 0 Å². The van der Waals surface area contributed by atoms with Crippen LogP contribution >= 0.6 is 0 Å². The zero-order valence-electron chi connectivity index (χ0n) is 12.9. The number of rotatable bonds is 5. The van der Waals surface area contributed by atoms with Gasteiger partial charge in [0, 0.05) is 10.2 Å². The van der Waals surface area contributed by atoms with Gasteiger partial charge < -0.3 is 4.23 Å². The van der Waals surface area contributed by atoms with Gasteiger partial charge in [0.2, 0.25) is 0 Å². The van der Waals surface area contributed by atoms with Crippen LogP contribution in [0.15, 0.2) is 10.9 Å². The van der Waals surface area contributed by atoms with E-state index < -0.39 is 16.5 Å². The molecule has 0 saturated heterocycles. The average Bonchev–Trinajstić information content (AvgIpc) is 2.08. The molecule has 96 valence electrons. The first-order chi connectivity index (χ1) is 7.05. The fourth-order valence-corrected chi connectivity index (χ4v) is 14.1. The van der Waals surface area contributed by atoms with Crippen molar-refractivity contribution in [3.05, 3.63) is 10.9 Å². The molecular weight excluding hydrogens is 242 g/mol. The van der Waals surface area contributed by atoms with E-state index in [0.29, 0.717) is 0 Å². The van der Waals surface area contributed by atoms with Crippen LogP contribution in [-0.4, -0.2) is 30.9 Å². The highest BCUT2D eigenvalue weighted by Crippen LogP contribution is 2.28. The van der Waals surface area contributed by atoms with E-state index >= 15 is 0 Å². The first-order valence-electron chi connectivity index (χ1n) is 6.54. The van der Waals surface area contributed by atoms with Crippen molar-refractivity contribution in [2.24, 2.45) is 0 Å². The van der Waals surface area contributed by atoms with E-state index in [1.165, 1.54) is 23.1 Å². The Labute approximate surface area is 108 Å². The molecule has 0 aromatic rings. The Morgan fingerprint density at radius 2 is 1.25 bits per heavy atom. The Morgan fingerprint density at radius 1 is 0.875 bits per heavy atom. The fourth-order valence-electron chi connectivity index (χ4n) is 2.67. The van der Waals surface area contributed by atoms with Crippen LogP contribution in [0.4, 0.5) is 0 Å².